The first-order chi connectivity index (χ1) is 9.24. The second-order valence-electron chi connectivity index (χ2n) is 5.51. The molecule has 3 rings (SSSR count). The molecule has 4 nitrogen and oxygen atoms in total. The Morgan fingerprint density at radius 1 is 1.11 bits per heavy atom. The van der Waals surface area contributed by atoms with E-state index in [1.54, 1.807) is 0 Å². The van der Waals surface area contributed by atoms with Gasteiger partial charge < -0.3 is 15.5 Å². The standard InChI is InChI=1S/C15H21N3O/c16-13-4-3-12-5-8-18(15(19)14(12)11-13)10-9-17-6-1-2-7-17/h3-4,11H,1-2,5-10,16H2. The Kier molecular flexibility index (Phi) is 3.42. The number of carbonyl (C=O) groups is 1. The van der Waals surface area contributed by atoms with E-state index >= 15 is 0 Å². The van der Waals surface area contributed by atoms with Crippen LogP contribution < -0.4 is 5.73 Å². The number of likely N-dealkylation sites (tertiary alicyclic amines) is 1. The predicted molar refractivity (Wildman–Crippen MR) is 76.1 cm³/mol. The van der Waals surface area contributed by atoms with Crippen molar-refractivity contribution in [2.75, 3.05) is 38.5 Å². The van der Waals surface area contributed by atoms with E-state index in [2.05, 4.69) is 4.90 Å². The van der Waals surface area contributed by atoms with Crippen molar-refractivity contribution < 1.29 is 4.79 Å². The molecule has 0 spiro atoms. The zero-order valence-corrected chi connectivity index (χ0v) is 11.3. The summed E-state index contributed by atoms with van der Waals surface area (Å²) < 4.78 is 0. The van der Waals surface area contributed by atoms with E-state index in [9.17, 15) is 4.79 Å². The van der Waals surface area contributed by atoms with Crippen LogP contribution in [0.15, 0.2) is 18.2 Å². The van der Waals surface area contributed by atoms with Crippen LogP contribution in [0.25, 0.3) is 0 Å². The maximum absolute atomic E-state index is 12.4. The van der Waals surface area contributed by atoms with Crippen LogP contribution in [0.4, 0.5) is 5.69 Å². The molecule has 2 aliphatic heterocycles. The lowest BCUT2D eigenvalue weighted by molar-refractivity contribution is 0.0724. The van der Waals surface area contributed by atoms with Crippen LogP contribution in [-0.2, 0) is 6.42 Å². The molecular weight excluding hydrogens is 238 g/mol. The van der Waals surface area contributed by atoms with Crippen molar-refractivity contribution in [2.45, 2.75) is 19.3 Å². The van der Waals surface area contributed by atoms with E-state index in [0.29, 0.717) is 5.69 Å². The summed E-state index contributed by atoms with van der Waals surface area (Å²) in [6, 6.07) is 5.69. The van der Waals surface area contributed by atoms with Crippen LogP contribution in [0, 0.1) is 0 Å². The second kappa shape index (κ2) is 5.21. The van der Waals surface area contributed by atoms with E-state index in [1.165, 1.54) is 25.9 Å². The molecule has 0 bridgehead atoms. The summed E-state index contributed by atoms with van der Waals surface area (Å²) in [4.78, 5) is 16.8. The number of hydrogen-bond donors (Lipinski definition) is 1. The molecule has 1 aromatic rings. The molecule has 1 saturated heterocycles. The van der Waals surface area contributed by atoms with Crippen molar-refractivity contribution in [1.29, 1.82) is 0 Å². The highest BCUT2D eigenvalue weighted by Gasteiger charge is 2.24. The molecule has 0 unspecified atom stereocenters. The van der Waals surface area contributed by atoms with E-state index in [0.717, 1.165) is 37.2 Å². The third-order valence-corrected chi connectivity index (χ3v) is 4.19. The summed E-state index contributed by atoms with van der Waals surface area (Å²) in [5, 5.41) is 0. The monoisotopic (exact) mass is 259 g/mol. The summed E-state index contributed by atoms with van der Waals surface area (Å²) in [7, 11) is 0. The molecule has 2 heterocycles. The zero-order valence-electron chi connectivity index (χ0n) is 11.3. The smallest absolute Gasteiger partial charge is 0.254 e. The topological polar surface area (TPSA) is 49.6 Å². The Bertz CT molecular complexity index is 480. The number of benzene rings is 1. The number of hydrogen-bond acceptors (Lipinski definition) is 3. The van der Waals surface area contributed by atoms with Gasteiger partial charge in [0.25, 0.3) is 5.91 Å². The van der Waals surface area contributed by atoms with Gasteiger partial charge in [-0.05, 0) is 50.0 Å². The molecular formula is C15H21N3O. The van der Waals surface area contributed by atoms with Crippen molar-refractivity contribution in [1.82, 2.24) is 9.80 Å². The van der Waals surface area contributed by atoms with E-state index in [1.807, 2.05) is 23.1 Å². The largest absolute Gasteiger partial charge is 0.399 e. The van der Waals surface area contributed by atoms with Crippen LogP contribution in [-0.4, -0.2) is 48.4 Å². The third kappa shape index (κ3) is 2.59. The van der Waals surface area contributed by atoms with Crippen molar-refractivity contribution in [3.63, 3.8) is 0 Å². The second-order valence-corrected chi connectivity index (χ2v) is 5.51. The summed E-state index contributed by atoms with van der Waals surface area (Å²) in [5.74, 6) is 0.146. The van der Waals surface area contributed by atoms with Gasteiger partial charge in [0.1, 0.15) is 0 Å². The van der Waals surface area contributed by atoms with Gasteiger partial charge in [-0.3, -0.25) is 4.79 Å². The average Bonchev–Trinajstić information content (AvgIpc) is 2.92. The van der Waals surface area contributed by atoms with Crippen molar-refractivity contribution in [2.24, 2.45) is 0 Å². The van der Waals surface area contributed by atoms with Gasteiger partial charge in [-0.15, -0.1) is 0 Å². The van der Waals surface area contributed by atoms with Crippen LogP contribution >= 0.6 is 0 Å². The summed E-state index contributed by atoms with van der Waals surface area (Å²) in [5.41, 5.74) is 8.39. The average molecular weight is 259 g/mol. The summed E-state index contributed by atoms with van der Waals surface area (Å²) in [6.07, 6.45) is 3.54. The minimum atomic E-state index is 0.146. The molecule has 1 amide bonds. The van der Waals surface area contributed by atoms with Gasteiger partial charge in [-0.25, -0.2) is 0 Å². The van der Waals surface area contributed by atoms with Crippen molar-refractivity contribution in [3.05, 3.63) is 29.3 Å². The number of nitrogens with zero attached hydrogens (tertiary/aromatic N) is 2. The maximum atomic E-state index is 12.4. The quantitative estimate of drug-likeness (QED) is 0.834. The highest BCUT2D eigenvalue weighted by Crippen LogP contribution is 2.21. The van der Waals surface area contributed by atoms with Gasteiger partial charge in [-0.2, -0.15) is 0 Å². The highest BCUT2D eigenvalue weighted by molar-refractivity contribution is 5.97. The number of nitrogen functional groups attached to an aromatic ring is 1. The molecule has 4 heteroatoms. The van der Waals surface area contributed by atoms with Crippen LogP contribution in [0.2, 0.25) is 0 Å². The molecule has 2 aliphatic rings. The Labute approximate surface area is 114 Å². The Hall–Kier alpha value is -1.55. The molecule has 0 atom stereocenters. The fraction of sp³-hybridized carbons (Fsp3) is 0.533. The number of rotatable bonds is 3. The fourth-order valence-corrected chi connectivity index (χ4v) is 3.02. The van der Waals surface area contributed by atoms with Crippen molar-refractivity contribution in [3.8, 4) is 0 Å². The van der Waals surface area contributed by atoms with Gasteiger partial charge >= 0.3 is 0 Å². The molecule has 1 fully saturated rings. The lowest BCUT2D eigenvalue weighted by Crippen LogP contribution is -2.42. The molecule has 102 valence electrons. The summed E-state index contributed by atoms with van der Waals surface area (Å²) in [6.45, 7) is 5.05. The number of carbonyl (C=O) groups excluding carboxylic acids is 1. The molecule has 2 N–H and O–H groups in total. The predicted octanol–water partition coefficient (Wildman–Crippen LogP) is 1.36. The van der Waals surface area contributed by atoms with Gasteiger partial charge in [0.15, 0.2) is 0 Å². The molecule has 0 saturated carbocycles. The number of anilines is 1. The Morgan fingerprint density at radius 2 is 1.89 bits per heavy atom. The first kappa shape index (κ1) is 12.5. The molecule has 1 aromatic carbocycles. The third-order valence-electron chi connectivity index (χ3n) is 4.19. The van der Waals surface area contributed by atoms with Gasteiger partial charge in [0.05, 0.1) is 0 Å². The normalized spacial score (nSPS) is 19.8. The number of fused-ring (bicyclic) bond motifs is 1. The fourth-order valence-electron chi connectivity index (χ4n) is 3.02. The molecule has 0 aliphatic carbocycles. The maximum Gasteiger partial charge on any atom is 0.254 e. The minimum absolute atomic E-state index is 0.146. The van der Waals surface area contributed by atoms with Crippen LogP contribution in [0.1, 0.15) is 28.8 Å². The van der Waals surface area contributed by atoms with Gasteiger partial charge in [-0.1, -0.05) is 6.07 Å². The lowest BCUT2D eigenvalue weighted by atomic mass is 9.98. The van der Waals surface area contributed by atoms with E-state index in [4.69, 9.17) is 5.73 Å². The van der Waals surface area contributed by atoms with E-state index in [-0.39, 0.29) is 5.91 Å². The van der Waals surface area contributed by atoms with Gasteiger partial charge in [0.2, 0.25) is 0 Å². The first-order valence-electron chi connectivity index (χ1n) is 7.14. The number of nitrogens with two attached hydrogens (primary N) is 1. The first-order valence-corrected chi connectivity index (χ1v) is 7.14. The zero-order chi connectivity index (χ0) is 13.2. The number of amides is 1. The minimum Gasteiger partial charge on any atom is -0.399 e. The summed E-state index contributed by atoms with van der Waals surface area (Å²) >= 11 is 0. The molecule has 0 radical (unpaired) electrons. The lowest BCUT2D eigenvalue weighted by Gasteiger charge is -2.30. The van der Waals surface area contributed by atoms with Crippen LogP contribution in [0.3, 0.4) is 0 Å². The SMILES string of the molecule is Nc1ccc2c(c1)C(=O)N(CCN1CCCC1)CC2. The van der Waals surface area contributed by atoms with E-state index < -0.39 is 0 Å². The highest BCUT2D eigenvalue weighted by atomic mass is 16.2. The Balaban J connectivity index is 1.66. The van der Waals surface area contributed by atoms with Crippen LogP contribution in [0.5, 0.6) is 0 Å². The Morgan fingerprint density at radius 3 is 2.68 bits per heavy atom. The molecule has 19 heavy (non-hydrogen) atoms. The van der Waals surface area contributed by atoms with Crippen molar-refractivity contribution >= 4 is 11.6 Å². The van der Waals surface area contributed by atoms with Gasteiger partial charge in [0, 0.05) is 30.9 Å². The molecule has 0 aromatic heterocycles.